The quantitative estimate of drug-likeness (QED) is 0.495. The van der Waals surface area contributed by atoms with Gasteiger partial charge < -0.3 is 9.73 Å². The van der Waals surface area contributed by atoms with E-state index in [0.717, 1.165) is 11.1 Å². The van der Waals surface area contributed by atoms with Crippen molar-refractivity contribution in [3.05, 3.63) is 72.2 Å². The predicted octanol–water partition coefficient (Wildman–Crippen LogP) is 4.18. The van der Waals surface area contributed by atoms with Crippen molar-refractivity contribution in [1.82, 2.24) is 14.6 Å². The van der Waals surface area contributed by atoms with Gasteiger partial charge in [-0.05, 0) is 24.6 Å². The van der Waals surface area contributed by atoms with Crippen molar-refractivity contribution in [3.63, 3.8) is 0 Å². The fourth-order valence-corrected chi connectivity index (χ4v) is 4.88. The molecule has 0 aliphatic rings. The van der Waals surface area contributed by atoms with Gasteiger partial charge in [0.15, 0.2) is 11.7 Å². The molecule has 8 heteroatoms. The van der Waals surface area contributed by atoms with E-state index in [-0.39, 0.29) is 23.3 Å². The Balaban J connectivity index is 1.55. The summed E-state index contributed by atoms with van der Waals surface area (Å²) in [7, 11) is -3.50. The number of hydrogen-bond donors (Lipinski definition) is 1. The lowest BCUT2D eigenvalue weighted by atomic mass is 10.1. The molecule has 1 aromatic heterocycles. The van der Waals surface area contributed by atoms with Gasteiger partial charge in [0.1, 0.15) is 0 Å². The average Bonchev–Trinajstić information content (AvgIpc) is 3.28. The van der Waals surface area contributed by atoms with Crippen LogP contribution in [0.2, 0.25) is 0 Å². The number of aryl methyl sites for hydroxylation is 1. The first kappa shape index (κ1) is 23.7. The standard InChI is InChI=1S/C24H29N3O4S/c1-4-27(5-2)32(29,30)21-13-11-19(12-14-21)18(3)26-23(28)15-16-24-25-17-22(31-24)20-9-7-6-8-10-20/h6-14,17-18H,4-5,15-16H2,1-3H3,(H,26,28). The van der Waals surface area contributed by atoms with E-state index in [4.69, 9.17) is 4.42 Å². The zero-order valence-electron chi connectivity index (χ0n) is 18.6. The third-order valence-corrected chi connectivity index (χ3v) is 7.34. The van der Waals surface area contributed by atoms with Gasteiger partial charge in [-0.1, -0.05) is 56.3 Å². The maximum Gasteiger partial charge on any atom is 0.243 e. The zero-order chi connectivity index (χ0) is 23.1. The Morgan fingerprint density at radius 2 is 1.72 bits per heavy atom. The summed E-state index contributed by atoms with van der Waals surface area (Å²) in [5.74, 6) is 1.06. The molecule has 0 saturated heterocycles. The number of aromatic nitrogens is 1. The van der Waals surface area contributed by atoms with Crippen LogP contribution in [0.15, 0.2) is 70.1 Å². The molecule has 3 aromatic rings. The van der Waals surface area contributed by atoms with Crippen LogP contribution >= 0.6 is 0 Å². The van der Waals surface area contributed by atoms with Gasteiger partial charge in [0.2, 0.25) is 15.9 Å². The highest BCUT2D eigenvalue weighted by molar-refractivity contribution is 7.89. The van der Waals surface area contributed by atoms with Crippen LogP contribution in [-0.2, 0) is 21.2 Å². The number of nitrogens with zero attached hydrogens (tertiary/aromatic N) is 2. The van der Waals surface area contributed by atoms with Crippen LogP contribution in [0, 0.1) is 0 Å². The van der Waals surface area contributed by atoms with Crippen molar-refractivity contribution in [2.45, 2.75) is 44.6 Å². The monoisotopic (exact) mass is 455 g/mol. The number of rotatable bonds is 10. The molecule has 1 atom stereocenters. The lowest BCUT2D eigenvalue weighted by molar-refractivity contribution is -0.121. The number of carbonyl (C=O) groups excluding carboxylic acids is 1. The average molecular weight is 456 g/mol. The molecule has 0 aliphatic heterocycles. The maximum absolute atomic E-state index is 12.6. The van der Waals surface area contributed by atoms with Crippen LogP contribution in [0.3, 0.4) is 0 Å². The summed E-state index contributed by atoms with van der Waals surface area (Å²) >= 11 is 0. The summed E-state index contributed by atoms with van der Waals surface area (Å²) in [6, 6.07) is 16.1. The van der Waals surface area contributed by atoms with Crippen LogP contribution in [0.4, 0.5) is 0 Å². The number of carbonyl (C=O) groups is 1. The summed E-state index contributed by atoms with van der Waals surface area (Å²) in [5.41, 5.74) is 1.77. The van der Waals surface area contributed by atoms with Crippen molar-refractivity contribution < 1.29 is 17.6 Å². The molecule has 32 heavy (non-hydrogen) atoms. The number of oxazole rings is 1. The lowest BCUT2D eigenvalue weighted by Crippen LogP contribution is -2.30. The summed E-state index contributed by atoms with van der Waals surface area (Å²) in [6.45, 7) is 6.33. The molecule has 1 heterocycles. The fraction of sp³-hybridized carbons (Fsp3) is 0.333. The molecular formula is C24H29N3O4S. The van der Waals surface area contributed by atoms with Crippen molar-refractivity contribution in [2.24, 2.45) is 0 Å². The van der Waals surface area contributed by atoms with Gasteiger partial charge >= 0.3 is 0 Å². The molecule has 0 spiro atoms. The molecule has 2 aromatic carbocycles. The normalized spacial score (nSPS) is 12.6. The van der Waals surface area contributed by atoms with Crippen LogP contribution in [0.25, 0.3) is 11.3 Å². The molecule has 0 fully saturated rings. The minimum Gasteiger partial charge on any atom is -0.441 e. The van der Waals surface area contributed by atoms with E-state index >= 15 is 0 Å². The van der Waals surface area contributed by atoms with Crippen LogP contribution in [-0.4, -0.2) is 36.7 Å². The van der Waals surface area contributed by atoms with Crippen LogP contribution in [0.1, 0.15) is 44.7 Å². The fourth-order valence-electron chi connectivity index (χ4n) is 3.42. The first-order chi connectivity index (χ1) is 15.3. The summed E-state index contributed by atoms with van der Waals surface area (Å²) < 4.78 is 32.4. The van der Waals surface area contributed by atoms with Crippen molar-refractivity contribution in [3.8, 4) is 11.3 Å². The Hall–Kier alpha value is -2.97. The Labute approximate surface area is 189 Å². The number of hydrogen-bond acceptors (Lipinski definition) is 5. The first-order valence-corrected chi connectivity index (χ1v) is 12.2. The molecule has 1 N–H and O–H groups in total. The Bertz CT molecular complexity index is 1120. The van der Waals surface area contributed by atoms with Gasteiger partial charge in [-0.2, -0.15) is 4.31 Å². The van der Waals surface area contributed by atoms with Crippen molar-refractivity contribution in [1.29, 1.82) is 0 Å². The van der Waals surface area contributed by atoms with Gasteiger partial charge in [-0.3, -0.25) is 4.79 Å². The van der Waals surface area contributed by atoms with Gasteiger partial charge in [-0.15, -0.1) is 0 Å². The Morgan fingerprint density at radius 3 is 2.34 bits per heavy atom. The van der Waals surface area contributed by atoms with E-state index in [0.29, 0.717) is 31.2 Å². The molecule has 3 rings (SSSR count). The highest BCUT2D eigenvalue weighted by Gasteiger charge is 2.21. The highest BCUT2D eigenvalue weighted by atomic mass is 32.2. The zero-order valence-corrected chi connectivity index (χ0v) is 19.4. The van der Waals surface area contributed by atoms with Gasteiger partial charge in [0, 0.05) is 31.5 Å². The molecule has 0 saturated carbocycles. The largest absolute Gasteiger partial charge is 0.441 e. The molecule has 0 aliphatic carbocycles. The van der Waals surface area contributed by atoms with Gasteiger partial charge in [0.05, 0.1) is 17.1 Å². The predicted molar refractivity (Wildman–Crippen MR) is 123 cm³/mol. The van der Waals surface area contributed by atoms with E-state index < -0.39 is 10.0 Å². The van der Waals surface area contributed by atoms with E-state index in [1.807, 2.05) is 51.1 Å². The number of benzene rings is 2. The van der Waals surface area contributed by atoms with Crippen molar-refractivity contribution >= 4 is 15.9 Å². The van der Waals surface area contributed by atoms with E-state index in [1.165, 1.54) is 4.31 Å². The Morgan fingerprint density at radius 1 is 1.06 bits per heavy atom. The highest BCUT2D eigenvalue weighted by Crippen LogP contribution is 2.21. The smallest absolute Gasteiger partial charge is 0.243 e. The number of nitrogens with one attached hydrogen (secondary N) is 1. The second-order valence-corrected chi connectivity index (χ2v) is 9.37. The van der Waals surface area contributed by atoms with Crippen LogP contribution < -0.4 is 5.32 Å². The molecule has 1 amide bonds. The second kappa shape index (κ2) is 10.6. The number of amides is 1. The Kier molecular flexibility index (Phi) is 7.82. The number of sulfonamides is 1. The minimum atomic E-state index is -3.50. The third kappa shape index (κ3) is 5.63. The second-order valence-electron chi connectivity index (χ2n) is 7.43. The minimum absolute atomic E-state index is 0.128. The molecule has 0 radical (unpaired) electrons. The first-order valence-electron chi connectivity index (χ1n) is 10.7. The van der Waals surface area contributed by atoms with E-state index in [2.05, 4.69) is 10.3 Å². The van der Waals surface area contributed by atoms with E-state index in [1.54, 1.807) is 30.5 Å². The summed E-state index contributed by atoms with van der Waals surface area (Å²) in [5, 5.41) is 2.94. The van der Waals surface area contributed by atoms with Gasteiger partial charge in [0.25, 0.3) is 0 Å². The summed E-state index contributed by atoms with van der Waals surface area (Å²) in [6.07, 6.45) is 2.30. The van der Waals surface area contributed by atoms with Crippen LogP contribution in [0.5, 0.6) is 0 Å². The van der Waals surface area contributed by atoms with Gasteiger partial charge in [-0.25, -0.2) is 13.4 Å². The van der Waals surface area contributed by atoms with Crippen molar-refractivity contribution in [2.75, 3.05) is 13.1 Å². The molecule has 170 valence electrons. The molecule has 0 bridgehead atoms. The third-order valence-electron chi connectivity index (χ3n) is 5.28. The summed E-state index contributed by atoms with van der Waals surface area (Å²) in [4.78, 5) is 16.9. The SMILES string of the molecule is CCN(CC)S(=O)(=O)c1ccc(C(C)NC(=O)CCc2ncc(-c3ccccc3)o2)cc1. The maximum atomic E-state index is 12.6. The lowest BCUT2D eigenvalue weighted by Gasteiger charge is -2.19. The molecule has 1 unspecified atom stereocenters. The molecular weight excluding hydrogens is 426 g/mol. The van der Waals surface area contributed by atoms with E-state index in [9.17, 15) is 13.2 Å². The topological polar surface area (TPSA) is 92.5 Å². The molecule has 7 nitrogen and oxygen atoms in total.